The van der Waals surface area contributed by atoms with Crippen LogP contribution >= 0.6 is 27.3 Å². The van der Waals surface area contributed by atoms with E-state index in [0.717, 1.165) is 3.79 Å². The van der Waals surface area contributed by atoms with Gasteiger partial charge in [-0.3, -0.25) is 20.4 Å². The molecule has 0 radical (unpaired) electrons. The van der Waals surface area contributed by atoms with E-state index in [4.69, 9.17) is 4.74 Å². The highest BCUT2D eigenvalue weighted by molar-refractivity contribution is 9.11. The summed E-state index contributed by atoms with van der Waals surface area (Å²) >= 11 is 4.47. The number of sulfonamides is 1. The third kappa shape index (κ3) is 4.90. The fourth-order valence-corrected chi connectivity index (χ4v) is 5.18. The molecule has 2 aromatic rings. The second-order valence-electron chi connectivity index (χ2n) is 5.46. The zero-order valence-electron chi connectivity index (χ0n) is 15.5. The number of hydrogen-bond donors (Lipinski definition) is 2. The lowest BCUT2D eigenvalue weighted by atomic mass is 10.2. The first-order valence-electron chi connectivity index (χ1n) is 8.28. The molecule has 0 unspecified atom stereocenters. The Hall–Kier alpha value is -1.95. The maximum absolute atomic E-state index is 12.7. The van der Waals surface area contributed by atoms with E-state index >= 15 is 0 Å². The Morgan fingerprint density at radius 3 is 2.29 bits per heavy atom. The van der Waals surface area contributed by atoms with Crippen LogP contribution in [0.1, 0.15) is 33.9 Å². The predicted octanol–water partition coefficient (Wildman–Crippen LogP) is 2.62. The highest BCUT2D eigenvalue weighted by Gasteiger charge is 2.24. The van der Waals surface area contributed by atoms with E-state index in [9.17, 15) is 18.0 Å². The van der Waals surface area contributed by atoms with Crippen molar-refractivity contribution in [3.63, 3.8) is 0 Å². The van der Waals surface area contributed by atoms with Gasteiger partial charge in [0.15, 0.2) is 0 Å². The van der Waals surface area contributed by atoms with Gasteiger partial charge in [-0.1, -0.05) is 13.8 Å². The maximum atomic E-state index is 12.7. The molecule has 0 fully saturated rings. The van der Waals surface area contributed by atoms with Crippen molar-refractivity contribution in [2.45, 2.75) is 18.7 Å². The molecule has 1 aromatic heterocycles. The predicted molar refractivity (Wildman–Crippen MR) is 110 cm³/mol. The number of ether oxygens (including phenoxy) is 1. The minimum atomic E-state index is -3.75. The summed E-state index contributed by atoms with van der Waals surface area (Å²) in [7, 11) is -2.38. The Balaban J connectivity index is 2.25. The molecule has 11 heteroatoms. The van der Waals surface area contributed by atoms with Crippen LogP contribution in [0.3, 0.4) is 0 Å². The number of methoxy groups -OCH3 is 1. The summed E-state index contributed by atoms with van der Waals surface area (Å²) in [5.41, 5.74) is 4.57. The highest BCUT2D eigenvalue weighted by atomic mass is 79.9. The lowest BCUT2D eigenvalue weighted by Crippen LogP contribution is -2.41. The number of carbonyl (C=O) groups is 2. The van der Waals surface area contributed by atoms with E-state index in [2.05, 4.69) is 26.8 Å². The summed E-state index contributed by atoms with van der Waals surface area (Å²) in [6, 6.07) is 7.34. The smallest absolute Gasteiger partial charge is 0.279 e. The molecule has 0 aliphatic heterocycles. The molecule has 2 amide bonds. The molecular formula is C17H20BrN3O5S2. The summed E-state index contributed by atoms with van der Waals surface area (Å²) in [4.78, 5) is 25.0. The van der Waals surface area contributed by atoms with E-state index in [1.807, 2.05) is 0 Å². The van der Waals surface area contributed by atoms with Crippen molar-refractivity contribution in [2.24, 2.45) is 0 Å². The summed E-state index contributed by atoms with van der Waals surface area (Å²) in [5.74, 6) is -1.00. The summed E-state index contributed by atoms with van der Waals surface area (Å²) in [6.45, 7) is 4.07. The summed E-state index contributed by atoms with van der Waals surface area (Å²) < 4.78 is 32.6. The van der Waals surface area contributed by atoms with Crippen molar-refractivity contribution < 1.29 is 22.7 Å². The Morgan fingerprint density at radius 1 is 1.11 bits per heavy atom. The van der Waals surface area contributed by atoms with Gasteiger partial charge in [0.25, 0.3) is 11.8 Å². The number of rotatable bonds is 7. The topological polar surface area (TPSA) is 105 Å². The zero-order valence-corrected chi connectivity index (χ0v) is 18.7. The van der Waals surface area contributed by atoms with Crippen molar-refractivity contribution in [1.82, 2.24) is 15.2 Å². The van der Waals surface area contributed by atoms with Crippen LogP contribution in [-0.2, 0) is 10.0 Å². The van der Waals surface area contributed by atoms with Gasteiger partial charge in [-0.2, -0.15) is 4.31 Å². The molecule has 0 aliphatic carbocycles. The zero-order chi connectivity index (χ0) is 20.9. The molecule has 1 aromatic carbocycles. The van der Waals surface area contributed by atoms with Crippen LogP contribution in [0, 0.1) is 0 Å². The fourth-order valence-electron chi connectivity index (χ4n) is 2.42. The van der Waals surface area contributed by atoms with Crippen LogP contribution in [-0.4, -0.2) is 44.7 Å². The number of nitrogens with zero attached hydrogens (tertiary/aromatic N) is 1. The monoisotopic (exact) mass is 489 g/mol. The van der Waals surface area contributed by atoms with E-state index in [-0.39, 0.29) is 16.2 Å². The van der Waals surface area contributed by atoms with Gasteiger partial charge in [-0.25, -0.2) is 8.42 Å². The van der Waals surface area contributed by atoms with E-state index in [1.54, 1.807) is 26.0 Å². The molecule has 0 saturated carbocycles. The summed E-state index contributed by atoms with van der Waals surface area (Å²) in [6.07, 6.45) is 0. The van der Waals surface area contributed by atoms with Crippen LogP contribution in [0.2, 0.25) is 0 Å². The van der Waals surface area contributed by atoms with Crippen molar-refractivity contribution >= 4 is 49.1 Å². The number of benzene rings is 1. The molecular weight excluding hydrogens is 470 g/mol. The van der Waals surface area contributed by atoms with Gasteiger partial charge in [0, 0.05) is 13.1 Å². The van der Waals surface area contributed by atoms with Gasteiger partial charge in [0.2, 0.25) is 10.0 Å². The first-order valence-corrected chi connectivity index (χ1v) is 11.3. The van der Waals surface area contributed by atoms with Crippen LogP contribution in [0.4, 0.5) is 0 Å². The van der Waals surface area contributed by atoms with Crippen LogP contribution < -0.4 is 15.6 Å². The minimum Gasteiger partial charge on any atom is -0.496 e. The van der Waals surface area contributed by atoms with Gasteiger partial charge in [0.1, 0.15) is 5.75 Å². The molecule has 0 atom stereocenters. The number of hydrogen-bond acceptors (Lipinski definition) is 6. The first kappa shape index (κ1) is 22.3. The molecule has 152 valence electrons. The Morgan fingerprint density at radius 2 is 1.75 bits per heavy atom. The second kappa shape index (κ2) is 9.50. The second-order valence-corrected chi connectivity index (χ2v) is 9.86. The average molecular weight is 490 g/mol. The van der Waals surface area contributed by atoms with Gasteiger partial charge in [-0.15, -0.1) is 11.3 Å². The maximum Gasteiger partial charge on any atom is 0.279 e. The normalized spacial score (nSPS) is 11.3. The molecule has 0 saturated heterocycles. The Bertz CT molecular complexity index is 971. The van der Waals surface area contributed by atoms with Crippen molar-refractivity contribution in [1.29, 1.82) is 0 Å². The fraction of sp³-hybridized carbons (Fsp3) is 0.294. The molecule has 0 bridgehead atoms. The molecule has 8 nitrogen and oxygen atoms in total. The van der Waals surface area contributed by atoms with Gasteiger partial charge in [0.05, 0.1) is 26.2 Å². The van der Waals surface area contributed by atoms with E-state index in [1.165, 1.54) is 41.0 Å². The van der Waals surface area contributed by atoms with Crippen molar-refractivity contribution in [3.8, 4) is 5.75 Å². The van der Waals surface area contributed by atoms with Crippen LogP contribution in [0.5, 0.6) is 5.75 Å². The van der Waals surface area contributed by atoms with Gasteiger partial charge >= 0.3 is 0 Å². The molecule has 0 aliphatic rings. The number of amides is 2. The number of nitrogens with one attached hydrogen (secondary N) is 2. The molecule has 0 spiro atoms. The molecule has 2 rings (SSSR count). The number of hydrazine groups is 1. The minimum absolute atomic E-state index is 0.0107. The van der Waals surface area contributed by atoms with Crippen LogP contribution in [0.25, 0.3) is 0 Å². The van der Waals surface area contributed by atoms with E-state index < -0.39 is 21.8 Å². The highest BCUT2D eigenvalue weighted by Crippen LogP contribution is 2.25. The summed E-state index contributed by atoms with van der Waals surface area (Å²) in [5, 5.41) is 0. The number of halogens is 1. The largest absolute Gasteiger partial charge is 0.496 e. The van der Waals surface area contributed by atoms with Crippen molar-refractivity contribution in [3.05, 3.63) is 44.6 Å². The quantitative estimate of drug-likeness (QED) is 0.581. The standard InChI is InChI=1S/C17H20BrN3O5S2/c1-4-21(5-2)28(24,25)11-6-7-13(26-3)12(10-11)16(22)19-20-17(23)14-8-9-15(18)27-14/h6-10H,4-5H2,1-3H3,(H,19,22)(H,20,23). The van der Waals surface area contributed by atoms with E-state index in [0.29, 0.717) is 18.0 Å². The lowest BCUT2D eigenvalue weighted by Gasteiger charge is -2.19. The van der Waals surface area contributed by atoms with Crippen molar-refractivity contribution in [2.75, 3.05) is 20.2 Å². The van der Waals surface area contributed by atoms with Gasteiger partial charge < -0.3 is 4.74 Å². The third-order valence-electron chi connectivity index (χ3n) is 3.85. The molecule has 28 heavy (non-hydrogen) atoms. The van der Waals surface area contributed by atoms with Gasteiger partial charge in [-0.05, 0) is 46.3 Å². The number of carbonyl (C=O) groups excluding carboxylic acids is 2. The third-order valence-corrected chi connectivity index (χ3v) is 7.51. The molecule has 1 heterocycles. The molecule has 2 N–H and O–H groups in total. The lowest BCUT2D eigenvalue weighted by molar-refractivity contribution is 0.0847. The number of thiophene rings is 1. The Kier molecular flexibility index (Phi) is 7.58. The average Bonchev–Trinajstić information content (AvgIpc) is 3.12. The SMILES string of the molecule is CCN(CC)S(=O)(=O)c1ccc(OC)c(C(=O)NNC(=O)c2ccc(Br)s2)c1. The first-order chi connectivity index (χ1) is 13.2. The Labute approximate surface area is 176 Å². The van der Waals surface area contributed by atoms with Crippen LogP contribution in [0.15, 0.2) is 39.0 Å².